The van der Waals surface area contributed by atoms with E-state index < -0.39 is 21.8 Å². The average Bonchev–Trinajstić information content (AvgIpc) is 2.74. The quantitative estimate of drug-likeness (QED) is 0.535. The lowest BCUT2D eigenvalue weighted by Crippen LogP contribution is -2.29. The van der Waals surface area contributed by atoms with Crippen LogP contribution in [-0.4, -0.2) is 30.2 Å². The van der Waals surface area contributed by atoms with Crippen molar-refractivity contribution in [3.05, 3.63) is 66.0 Å². The summed E-state index contributed by atoms with van der Waals surface area (Å²) in [5.41, 5.74) is 8.48. The van der Waals surface area contributed by atoms with Gasteiger partial charge in [-0.25, -0.2) is 23.1 Å². The minimum atomic E-state index is -3.97. The molecule has 9 nitrogen and oxygen atoms in total. The number of amides is 2. The van der Waals surface area contributed by atoms with Crippen LogP contribution < -0.4 is 15.8 Å². The SMILES string of the molecule is CCC(=O)NS(=O)(=O)c1ccc(NC(=O)c2nc(-c3ccc(C)cc3)cnc2N)cc1. The number of nitrogen functional groups attached to an aromatic ring is 1. The third kappa shape index (κ3) is 5.23. The van der Waals surface area contributed by atoms with Gasteiger partial charge in [0, 0.05) is 17.7 Å². The lowest BCUT2D eigenvalue weighted by atomic mass is 10.1. The fourth-order valence-corrected chi connectivity index (χ4v) is 3.67. The number of carbonyl (C=O) groups excluding carboxylic acids is 2. The molecule has 0 aliphatic heterocycles. The number of aromatic nitrogens is 2. The van der Waals surface area contributed by atoms with Crippen molar-refractivity contribution >= 4 is 33.3 Å². The van der Waals surface area contributed by atoms with Crippen molar-refractivity contribution in [1.82, 2.24) is 14.7 Å². The molecule has 1 heterocycles. The summed E-state index contributed by atoms with van der Waals surface area (Å²) < 4.78 is 26.2. The van der Waals surface area contributed by atoms with Gasteiger partial charge in [-0.2, -0.15) is 0 Å². The van der Waals surface area contributed by atoms with E-state index in [-0.39, 0.29) is 22.8 Å². The van der Waals surface area contributed by atoms with Gasteiger partial charge in [-0.15, -0.1) is 0 Å². The van der Waals surface area contributed by atoms with E-state index in [0.29, 0.717) is 11.4 Å². The Bertz CT molecular complexity index is 1220. The van der Waals surface area contributed by atoms with Crippen LogP contribution in [0.15, 0.2) is 59.6 Å². The van der Waals surface area contributed by atoms with Crippen molar-refractivity contribution in [3.8, 4) is 11.3 Å². The minimum Gasteiger partial charge on any atom is -0.382 e. The second-order valence-electron chi connectivity index (χ2n) is 6.72. The Hall–Kier alpha value is -3.79. The number of benzene rings is 2. The first-order chi connectivity index (χ1) is 14.7. The molecule has 0 unspecified atom stereocenters. The first-order valence-electron chi connectivity index (χ1n) is 9.36. The van der Waals surface area contributed by atoms with Crippen LogP contribution in [0.4, 0.5) is 11.5 Å². The molecule has 3 rings (SSSR count). The molecule has 2 aromatic carbocycles. The fourth-order valence-electron chi connectivity index (χ4n) is 2.62. The molecule has 3 aromatic rings. The zero-order valence-corrected chi connectivity index (χ0v) is 17.7. The van der Waals surface area contributed by atoms with Crippen molar-refractivity contribution in [2.75, 3.05) is 11.1 Å². The van der Waals surface area contributed by atoms with Crippen LogP contribution in [0.5, 0.6) is 0 Å². The zero-order valence-electron chi connectivity index (χ0n) is 16.9. The van der Waals surface area contributed by atoms with Crippen LogP contribution in [0, 0.1) is 6.92 Å². The molecule has 0 bridgehead atoms. The molecule has 0 atom stereocenters. The van der Waals surface area contributed by atoms with E-state index >= 15 is 0 Å². The van der Waals surface area contributed by atoms with Gasteiger partial charge in [0.05, 0.1) is 16.8 Å². The van der Waals surface area contributed by atoms with E-state index in [4.69, 9.17) is 5.73 Å². The Morgan fingerprint density at radius 3 is 2.29 bits per heavy atom. The van der Waals surface area contributed by atoms with E-state index in [9.17, 15) is 18.0 Å². The van der Waals surface area contributed by atoms with Crippen LogP contribution in [0.1, 0.15) is 29.4 Å². The number of aryl methyl sites for hydroxylation is 1. The van der Waals surface area contributed by atoms with Gasteiger partial charge in [-0.1, -0.05) is 36.8 Å². The van der Waals surface area contributed by atoms with Crippen molar-refractivity contribution in [1.29, 1.82) is 0 Å². The maximum Gasteiger partial charge on any atom is 0.278 e. The number of carbonyl (C=O) groups is 2. The molecule has 1 aromatic heterocycles. The molecule has 0 saturated carbocycles. The number of sulfonamides is 1. The average molecular weight is 439 g/mol. The van der Waals surface area contributed by atoms with Crippen molar-refractivity contribution < 1.29 is 18.0 Å². The van der Waals surface area contributed by atoms with Crippen LogP contribution in [0.3, 0.4) is 0 Å². The Labute approximate surface area is 179 Å². The molecule has 160 valence electrons. The molecule has 0 radical (unpaired) electrons. The largest absolute Gasteiger partial charge is 0.382 e. The lowest BCUT2D eigenvalue weighted by molar-refractivity contribution is -0.119. The van der Waals surface area contributed by atoms with Gasteiger partial charge in [0.15, 0.2) is 11.5 Å². The summed E-state index contributed by atoms with van der Waals surface area (Å²) in [7, 11) is -3.97. The standard InChI is InChI=1S/C21H21N5O4S/c1-3-18(27)26-31(29,30)16-10-8-15(9-11-16)24-21(28)19-20(22)23-12-17(25-19)14-6-4-13(2)5-7-14/h4-12H,3H2,1-2H3,(H2,22,23)(H,24,28)(H,26,27). The molecule has 4 N–H and O–H groups in total. The summed E-state index contributed by atoms with van der Waals surface area (Å²) in [4.78, 5) is 32.3. The van der Waals surface area contributed by atoms with Crippen LogP contribution in [0.25, 0.3) is 11.3 Å². The summed E-state index contributed by atoms with van der Waals surface area (Å²) >= 11 is 0. The number of nitrogens with two attached hydrogens (primary N) is 1. The van der Waals surface area contributed by atoms with Gasteiger partial charge in [-0.3, -0.25) is 9.59 Å². The molecule has 10 heteroatoms. The number of hydrogen-bond acceptors (Lipinski definition) is 7. The maximum absolute atomic E-state index is 12.7. The highest BCUT2D eigenvalue weighted by Crippen LogP contribution is 2.20. The Morgan fingerprint density at radius 1 is 1.03 bits per heavy atom. The normalized spacial score (nSPS) is 11.0. The van der Waals surface area contributed by atoms with Gasteiger partial charge in [0.25, 0.3) is 15.9 Å². The Kier molecular flexibility index (Phi) is 6.30. The van der Waals surface area contributed by atoms with Crippen molar-refractivity contribution in [2.45, 2.75) is 25.2 Å². The van der Waals surface area contributed by atoms with E-state index in [2.05, 4.69) is 15.3 Å². The van der Waals surface area contributed by atoms with Gasteiger partial charge in [-0.05, 0) is 31.2 Å². The van der Waals surface area contributed by atoms with Crippen molar-refractivity contribution in [2.24, 2.45) is 0 Å². The first-order valence-corrected chi connectivity index (χ1v) is 10.8. The molecule has 31 heavy (non-hydrogen) atoms. The summed E-state index contributed by atoms with van der Waals surface area (Å²) in [6.07, 6.45) is 1.53. The van der Waals surface area contributed by atoms with Gasteiger partial charge < -0.3 is 11.1 Å². The molecule has 0 saturated heterocycles. The highest BCUT2D eigenvalue weighted by atomic mass is 32.2. The highest BCUT2D eigenvalue weighted by Gasteiger charge is 2.18. The van der Waals surface area contributed by atoms with Crippen LogP contribution in [-0.2, 0) is 14.8 Å². The summed E-state index contributed by atoms with van der Waals surface area (Å²) in [6.45, 7) is 3.51. The van der Waals surface area contributed by atoms with E-state index in [1.807, 2.05) is 35.9 Å². The molecule has 0 spiro atoms. The zero-order chi connectivity index (χ0) is 22.6. The maximum atomic E-state index is 12.7. The van der Waals surface area contributed by atoms with E-state index in [0.717, 1.165) is 11.1 Å². The van der Waals surface area contributed by atoms with E-state index in [1.54, 1.807) is 6.92 Å². The second kappa shape index (κ2) is 8.92. The number of rotatable bonds is 6. The van der Waals surface area contributed by atoms with Gasteiger partial charge in [0.1, 0.15) is 0 Å². The Morgan fingerprint density at radius 2 is 1.68 bits per heavy atom. The first kappa shape index (κ1) is 21.9. The van der Waals surface area contributed by atoms with E-state index in [1.165, 1.54) is 30.5 Å². The predicted octanol–water partition coefficient (Wildman–Crippen LogP) is 2.50. The van der Waals surface area contributed by atoms with Crippen molar-refractivity contribution in [3.63, 3.8) is 0 Å². The fraction of sp³-hybridized carbons (Fsp3) is 0.143. The summed E-state index contributed by atoms with van der Waals surface area (Å²) in [6, 6.07) is 12.9. The third-order valence-electron chi connectivity index (χ3n) is 4.36. The lowest BCUT2D eigenvalue weighted by Gasteiger charge is -2.10. The van der Waals surface area contributed by atoms with Gasteiger partial charge >= 0.3 is 0 Å². The predicted molar refractivity (Wildman–Crippen MR) is 117 cm³/mol. The topological polar surface area (TPSA) is 144 Å². The molecule has 2 amide bonds. The smallest absolute Gasteiger partial charge is 0.278 e. The summed E-state index contributed by atoms with van der Waals surface area (Å²) in [5, 5.41) is 2.61. The van der Waals surface area contributed by atoms with Crippen LogP contribution in [0.2, 0.25) is 0 Å². The number of nitrogens with zero attached hydrogens (tertiary/aromatic N) is 2. The second-order valence-corrected chi connectivity index (χ2v) is 8.40. The highest BCUT2D eigenvalue weighted by molar-refractivity contribution is 7.90. The molecule has 0 fully saturated rings. The molecule has 0 aliphatic rings. The monoisotopic (exact) mass is 439 g/mol. The Balaban J connectivity index is 1.79. The molecule has 0 aliphatic carbocycles. The van der Waals surface area contributed by atoms with Crippen LogP contribution >= 0.6 is 0 Å². The minimum absolute atomic E-state index is 0.0326. The third-order valence-corrected chi connectivity index (χ3v) is 5.74. The number of anilines is 2. The summed E-state index contributed by atoms with van der Waals surface area (Å²) in [5.74, 6) is -1.23. The number of nitrogens with one attached hydrogen (secondary N) is 2. The van der Waals surface area contributed by atoms with Gasteiger partial charge in [0.2, 0.25) is 5.91 Å². The number of hydrogen-bond donors (Lipinski definition) is 3. The molecular weight excluding hydrogens is 418 g/mol. The molecular formula is C21H21N5O4S.